The molecule has 3 heteroatoms. The van der Waals surface area contributed by atoms with Gasteiger partial charge in [-0.1, -0.05) is 50.1 Å². The highest BCUT2D eigenvalue weighted by Crippen LogP contribution is 2.09. The van der Waals surface area contributed by atoms with E-state index in [4.69, 9.17) is 0 Å². The van der Waals surface area contributed by atoms with E-state index in [2.05, 4.69) is 31.8 Å². The maximum absolute atomic E-state index is 11.9. The summed E-state index contributed by atoms with van der Waals surface area (Å²) in [5.74, 6) is 0.0331. The minimum Gasteiger partial charge on any atom is -0.353 e. The Morgan fingerprint density at radius 1 is 1.33 bits per heavy atom. The molecule has 0 spiro atoms. The second-order valence-corrected chi connectivity index (χ2v) is 5.38. The van der Waals surface area contributed by atoms with Crippen LogP contribution in [0.15, 0.2) is 30.3 Å². The van der Waals surface area contributed by atoms with Gasteiger partial charge in [-0.05, 0) is 25.3 Å². The third-order valence-corrected chi connectivity index (χ3v) is 3.37. The maximum Gasteiger partial charge on any atom is 0.233 e. The second-order valence-electron chi connectivity index (χ2n) is 4.76. The van der Waals surface area contributed by atoms with E-state index in [1.54, 1.807) is 0 Å². The minimum absolute atomic E-state index is 0.0331. The Kier molecular flexibility index (Phi) is 6.88. The van der Waals surface area contributed by atoms with Gasteiger partial charge in [-0.2, -0.15) is 12.6 Å². The molecule has 0 fully saturated rings. The average Bonchev–Trinajstić information content (AvgIpc) is 2.37. The van der Waals surface area contributed by atoms with Crippen molar-refractivity contribution < 1.29 is 4.79 Å². The number of nitrogens with one attached hydrogen (secondary N) is 1. The van der Waals surface area contributed by atoms with Crippen molar-refractivity contribution in [2.75, 3.05) is 0 Å². The zero-order chi connectivity index (χ0) is 13.4. The van der Waals surface area contributed by atoms with Crippen LogP contribution < -0.4 is 5.32 Å². The lowest BCUT2D eigenvalue weighted by Crippen LogP contribution is -2.38. The van der Waals surface area contributed by atoms with Crippen molar-refractivity contribution in [3.05, 3.63) is 35.9 Å². The fourth-order valence-corrected chi connectivity index (χ4v) is 2.14. The normalized spacial score (nSPS) is 13.9. The average molecular weight is 265 g/mol. The lowest BCUT2D eigenvalue weighted by molar-refractivity contribution is -0.121. The lowest BCUT2D eigenvalue weighted by atomic mass is 10.1. The molecule has 2 unspecified atom stereocenters. The summed E-state index contributed by atoms with van der Waals surface area (Å²) in [6.45, 7) is 4.21. The Morgan fingerprint density at radius 3 is 2.61 bits per heavy atom. The van der Waals surface area contributed by atoms with Crippen molar-refractivity contribution in [3.8, 4) is 0 Å². The van der Waals surface area contributed by atoms with Crippen molar-refractivity contribution in [1.29, 1.82) is 0 Å². The molecule has 1 aromatic carbocycles. The summed E-state index contributed by atoms with van der Waals surface area (Å²) in [7, 11) is 0. The number of thiol groups is 1. The predicted molar refractivity (Wildman–Crippen MR) is 80.0 cm³/mol. The van der Waals surface area contributed by atoms with Crippen molar-refractivity contribution >= 4 is 18.5 Å². The number of hydrogen-bond donors (Lipinski definition) is 2. The number of benzene rings is 1. The quantitative estimate of drug-likeness (QED) is 0.728. The summed E-state index contributed by atoms with van der Waals surface area (Å²) >= 11 is 4.39. The molecule has 0 radical (unpaired) electrons. The lowest BCUT2D eigenvalue weighted by Gasteiger charge is -2.17. The van der Waals surface area contributed by atoms with Crippen molar-refractivity contribution in [3.63, 3.8) is 0 Å². The van der Waals surface area contributed by atoms with E-state index in [1.165, 1.54) is 0 Å². The minimum atomic E-state index is -0.267. The number of unbranched alkanes of at least 4 members (excludes halogenated alkanes) is 1. The van der Waals surface area contributed by atoms with Crippen molar-refractivity contribution in [1.82, 2.24) is 5.32 Å². The first kappa shape index (κ1) is 15.1. The van der Waals surface area contributed by atoms with Gasteiger partial charge in [0, 0.05) is 6.04 Å². The van der Waals surface area contributed by atoms with Gasteiger partial charge in [0.1, 0.15) is 0 Å². The first-order valence-corrected chi connectivity index (χ1v) is 7.17. The molecule has 0 aromatic heterocycles. The fraction of sp³-hybridized carbons (Fsp3) is 0.533. The molecule has 0 aliphatic carbocycles. The van der Waals surface area contributed by atoms with Gasteiger partial charge in [0.25, 0.3) is 0 Å². The molecule has 0 saturated heterocycles. The Hall–Kier alpha value is -0.960. The topological polar surface area (TPSA) is 29.1 Å². The number of carbonyl (C=O) groups excluding carboxylic acids is 1. The van der Waals surface area contributed by atoms with Crippen LogP contribution in [0.1, 0.15) is 38.7 Å². The summed E-state index contributed by atoms with van der Waals surface area (Å²) in [5, 5.41) is 2.75. The van der Waals surface area contributed by atoms with Gasteiger partial charge in [0.2, 0.25) is 5.91 Å². The van der Waals surface area contributed by atoms with Crippen LogP contribution in [-0.2, 0) is 11.2 Å². The van der Waals surface area contributed by atoms with E-state index in [9.17, 15) is 4.79 Å². The summed E-state index contributed by atoms with van der Waals surface area (Å²) in [5.41, 5.74) is 1.15. The second kappa shape index (κ2) is 8.20. The van der Waals surface area contributed by atoms with Crippen LogP contribution >= 0.6 is 12.6 Å². The van der Waals surface area contributed by atoms with E-state index in [0.29, 0.717) is 6.42 Å². The molecule has 1 rings (SSSR count). The van der Waals surface area contributed by atoms with Crippen molar-refractivity contribution in [2.24, 2.45) is 0 Å². The molecule has 0 heterocycles. The number of amides is 1. The van der Waals surface area contributed by atoms with E-state index in [0.717, 1.165) is 24.8 Å². The van der Waals surface area contributed by atoms with Gasteiger partial charge in [-0.25, -0.2) is 0 Å². The van der Waals surface area contributed by atoms with E-state index in [1.807, 2.05) is 30.3 Å². The monoisotopic (exact) mass is 265 g/mol. The van der Waals surface area contributed by atoms with Crippen LogP contribution in [0.25, 0.3) is 0 Å². The van der Waals surface area contributed by atoms with Gasteiger partial charge in [0.05, 0.1) is 5.25 Å². The third kappa shape index (κ3) is 5.58. The van der Waals surface area contributed by atoms with Crippen LogP contribution in [0.3, 0.4) is 0 Å². The first-order valence-electron chi connectivity index (χ1n) is 6.65. The van der Waals surface area contributed by atoms with Gasteiger partial charge in [0.15, 0.2) is 0 Å². The maximum atomic E-state index is 11.9. The van der Waals surface area contributed by atoms with Gasteiger partial charge < -0.3 is 5.32 Å². The third-order valence-electron chi connectivity index (χ3n) is 2.95. The van der Waals surface area contributed by atoms with E-state index in [-0.39, 0.29) is 17.2 Å². The van der Waals surface area contributed by atoms with Crippen LogP contribution in [0.5, 0.6) is 0 Å². The summed E-state index contributed by atoms with van der Waals surface area (Å²) in [6.07, 6.45) is 4.02. The van der Waals surface area contributed by atoms with Crippen molar-refractivity contribution in [2.45, 2.75) is 50.8 Å². The zero-order valence-corrected chi connectivity index (χ0v) is 12.1. The summed E-state index contributed by atoms with van der Waals surface area (Å²) < 4.78 is 0. The highest BCUT2D eigenvalue weighted by atomic mass is 32.1. The smallest absolute Gasteiger partial charge is 0.233 e. The van der Waals surface area contributed by atoms with Crippen LogP contribution in [0, 0.1) is 0 Å². The predicted octanol–water partition coefficient (Wildman–Crippen LogP) is 3.22. The standard InChI is InChI=1S/C15H23NOS/c1-3-4-8-12(2)16-15(17)14(18)11-13-9-6-5-7-10-13/h5-7,9-10,12,14,18H,3-4,8,11H2,1-2H3,(H,16,17). The molecule has 1 aromatic rings. The van der Waals surface area contributed by atoms with Gasteiger partial charge >= 0.3 is 0 Å². The van der Waals surface area contributed by atoms with Gasteiger partial charge in [-0.3, -0.25) is 4.79 Å². The molecule has 2 nitrogen and oxygen atoms in total. The Labute approximate surface area is 116 Å². The zero-order valence-electron chi connectivity index (χ0n) is 11.2. The molecule has 0 aliphatic heterocycles. The van der Waals surface area contributed by atoms with Gasteiger partial charge in [-0.15, -0.1) is 0 Å². The molecular formula is C15H23NOS. The molecule has 0 bridgehead atoms. The first-order chi connectivity index (χ1) is 8.63. The van der Waals surface area contributed by atoms with E-state index < -0.39 is 0 Å². The molecule has 0 saturated carbocycles. The Bertz CT molecular complexity index is 353. The fourth-order valence-electron chi connectivity index (χ4n) is 1.85. The highest BCUT2D eigenvalue weighted by Gasteiger charge is 2.16. The SMILES string of the molecule is CCCCC(C)NC(=O)C(S)Cc1ccccc1. The number of carbonyl (C=O) groups is 1. The highest BCUT2D eigenvalue weighted by molar-refractivity contribution is 7.81. The summed E-state index contributed by atoms with van der Waals surface area (Å²) in [6, 6.07) is 10.2. The molecule has 1 amide bonds. The summed E-state index contributed by atoms with van der Waals surface area (Å²) in [4.78, 5) is 11.9. The molecule has 100 valence electrons. The largest absolute Gasteiger partial charge is 0.353 e. The number of hydrogen-bond acceptors (Lipinski definition) is 2. The Morgan fingerprint density at radius 2 is 2.00 bits per heavy atom. The molecular weight excluding hydrogens is 242 g/mol. The molecule has 0 aliphatic rings. The van der Waals surface area contributed by atoms with E-state index >= 15 is 0 Å². The Balaban J connectivity index is 2.37. The van der Waals surface area contributed by atoms with Crippen LogP contribution in [-0.4, -0.2) is 17.2 Å². The molecule has 1 N–H and O–H groups in total. The van der Waals surface area contributed by atoms with Crippen LogP contribution in [0.4, 0.5) is 0 Å². The molecule has 2 atom stereocenters. The number of rotatable bonds is 7. The molecule has 18 heavy (non-hydrogen) atoms. The van der Waals surface area contributed by atoms with Crippen LogP contribution in [0.2, 0.25) is 0 Å².